The van der Waals surface area contributed by atoms with Crippen molar-refractivity contribution in [3.05, 3.63) is 0 Å². The van der Waals surface area contributed by atoms with E-state index < -0.39 is 36.0 Å². The van der Waals surface area contributed by atoms with Gasteiger partial charge in [0.1, 0.15) is 0 Å². The first kappa shape index (κ1) is 12.9. The molecule has 7 heteroatoms. The number of amides is 1. The maximum absolute atomic E-state index is 11.6. The van der Waals surface area contributed by atoms with E-state index in [0.29, 0.717) is 0 Å². The smallest absolute Gasteiger partial charge is 0.328 e. The maximum Gasteiger partial charge on any atom is 0.328 e. The second-order valence-electron chi connectivity index (χ2n) is 3.87. The van der Waals surface area contributed by atoms with Crippen molar-refractivity contribution >= 4 is 11.9 Å². The average molecular weight is 232 g/mol. The highest BCUT2D eigenvalue weighted by atomic mass is 16.5. The first-order chi connectivity index (χ1) is 7.43. The first-order valence-corrected chi connectivity index (χ1v) is 4.98. The quantitative estimate of drug-likeness (QED) is 0.441. The number of carboxylic acid groups (broad SMARTS) is 1. The second-order valence-corrected chi connectivity index (χ2v) is 3.87. The summed E-state index contributed by atoms with van der Waals surface area (Å²) < 4.78 is 5.00. The molecule has 0 aromatic heterocycles. The Hall–Kier alpha value is -1.18. The van der Waals surface area contributed by atoms with Crippen LogP contribution in [0.5, 0.6) is 0 Å². The first-order valence-electron chi connectivity index (χ1n) is 4.98. The van der Waals surface area contributed by atoms with Crippen LogP contribution in [0.2, 0.25) is 0 Å². The molecular formula is C9H16N2O5. The van der Waals surface area contributed by atoms with Crippen molar-refractivity contribution in [2.75, 3.05) is 13.2 Å². The van der Waals surface area contributed by atoms with E-state index in [9.17, 15) is 14.7 Å². The molecule has 0 aliphatic carbocycles. The molecule has 0 bridgehead atoms. The molecule has 4 atom stereocenters. The molecule has 1 amide bonds. The number of aliphatic hydroxyl groups is 1. The number of nitrogens with two attached hydrogens (primary N) is 1. The second kappa shape index (κ2) is 5.24. The van der Waals surface area contributed by atoms with Crippen LogP contribution >= 0.6 is 0 Å². The van der Waals surface area contributed by atoms with E-state index in [2.05, 4.69) is 5.32 Å². The van der Waals surface area contributed by atoms with Gasteiger partial charge in [0.2, 0.25) is 5.91 Å². The summed E-state index contributed by atoms with van der Waals surface area (Å²) in [4.78, 5) is 22.4. The predicted octanol–water partition coefficient (Wildman–Crippen LogP) is -2.09. The van der Waals surface area contributed by atoms with Crippen LogP contribution in [0.1, 0.15) is 6.92 Å². The lowest BCUT2D eigenvalue weighted by Gasteiger charge is -2.20. The highest BCUT2D eigenvalue weighted by Gasteiger charge is 2.34. The molecule has 0 spiro atoms. The van der Waals surface area contributed by atoms with Gasteiger partial charge in [0.15, 0.2) is 6.04 Å². The molecule has 1 fully saturated rings. The van der Waals surface area contributed by atoms with E-state index >= 15 is 0 Å². The predicted molar refractivity (Wildman–Crippen MR) is 53.5 cm³/mol. The number of rotatable bonds is 4. The fourth-order valence-corrected chi connectivity index (χ4v) is 1.49. The lowest BCUT2D eigenvalue weighted by Crippen LogP contribution is -2.52. The van der Waals surface area contributed by atoms with Crippen LogP contribution in [-0.2, 0) is 14.3 Å². The van der Waals surface area contributed by atoms with Crippen LogP contribution in [0.25, 0.3) is 0 Å². The van der Waals surface area contributed by atoms with Crippen LogP contribution in [0.4, 0.5) is 0 Å². The molecule has 7 nitrogen and oxygen atoms in total. The monoisotopic (exact) mass is 232 g/mol. The van der Waals surface area contributed by atoms with E-state index in [4.69, 9.17) is 15.6 Å². The summed E-state index contributed by atoms with van der Waals surface area (Å²) in [6, 6.07) is -1.75. The Morgan fingerprint density at radius 3 is 2.50 bits per heavy atom. The zero-order valence-electron chi connectivity index (χ0n) is 8.92. The summed E-state index contributed by atoms with van der Waals surface area (Å²) in [6.45, 7) is 1.76. The Morgan fingerprint density at radius 1 is 1.50 bits per heavy atom. The third-order valence-corrected chi connectivity index (χ3v) is 2.51. The number of carbonyl (C=O) groups excluding carboxylic acids is 1. The Kier molecular flexibility index (Phi) is 4.22. The van der Waals surface area contributed by atoms with E-state index in [1.165, 1.54) is 6.92 Å². The van der Waals surface area contributed by atoms with Gasteiger partial charge >= 0.3 is 5.97 Å². The molecule has 1 aliphatic heterocycles. The number of carboxylic acids is 1. The zero-order chi connectivity index (χ0) is 12.3. The van der Waals surface area contributed by atoms with E-state index in [-0.39, 0.29) is 13.2 Å². The minimum atomic E-state index is -1.32. The molecule has 0 saturated carbocycles. The van der Waals surface area contributed by atoms with Crippen molar-refractivity contribution in [1.82, 2.24) is 5.32 Å². The van der Waals surface area contributed by atoms with E-state index in [0.717, 1.165) is 0 Å². The zero-order valence-corrected chi connectivity index (χ0v) is 8.92. The summed E-state index contributed by atoms with van der Waals surface area (Å²) in [6.07, 6.45) is -1.17. The van der Waals surface area contributed by atoms with Crippen LogP contribution < -0.4 is 11.1 Å². The number of hydrogen-bond acceptors (Lipinski definition) is 5. The molecule has 0 radical (unpaired) electrons. The number of nitrogens with one attached hydrogen (secondary N) is 1. The summed E-state index contributed by atoms with van der Waals surface area (Å²) >= 11 is 0. The van der Waals surface area contributed by atoms with Gasteiger partial charge in [-0.2, -0.15) is 0 Å². The number of hydrogen-bond donors (Lipinski definition) is 4. The Bertz CT molecular complexity index is 281. The fraction of sp³-hybridized carbons (Fsp3) is 0.778. The number of aliphatic hydroxyl groups excluding tert-OH is 1. The highest BCUT2D eigenvalue weighted by Crippen LogP contribution is 2.12. The Morgan fingerprint density at radius 2 is 2.12 bits per heavy atom. The van der Waals surface area contributed by atoms with Crippen molar-refractivity contribution < 1.29 is 24.5 Å². The molecular weight excluding hydrogens is 216 g/mol. The lowest BCUT2D eigenvalue weighted by atomic mass is 10.0. The summed E-state index contributed by atoms with van der Waals surface area (Å²) in [5.74, 6) is -2.34. The van der Waals surface area contributed by atoms with Crippen LogP contribution in [0.15, 0.2) is 0 Å². The van der Waals surface area contributed by atoms with E-state index in [1.54, 1.807) is 0 Å². The molecule has 92 valence electrons. The van der Waals surface area contributed by atoms with Gasteiger partial charge in [-0.25, -0.2) is 4.79 Å². The molecule has 1 heterocycles. The minimum Gasteiger partial charge on any atom is -0.480 e. The summed E-state index contributed by atoms with van der Waals surface area (Å²) in [5.41, 5.74) is 5.61. The van der Waals surface area contributed by atoms with Crippen molar-refractivity contribution in [3.8, 4) is 0 Å². The van der Waals surface area contributed by atoms with Gasteiger partial charge < -0.3 is 26.0 Å². The number of carbonyl (C=O) groups is 2. The van der Waals surface area contributed by atoms with Crippen LogP contribution in [0.3, 0.4) is 0 Å². The van der Waals surface area contributed by atoms with Gasteiger partial charge in [-0.05, 0) is 6.92 Å². The number of aliphatic carboxylic acids is 1. The standard InChI is InChI=1S/C9H16N2O5/c1-4(12)7(9(14)15)11-8(13)5-2-16-3-6(5)10/h4-7,12H,2-3,10H2,1H3,(H,11,13)(H,14,15)/t4-,5?,6?,7+/m1/s1. The van der Waals surface area contributed by atoms with Crippen LogP contribution in [-0.4, -0.2) is 53.5 Å². The third-order valence-electron chi connectivity index (χ3n) is 2.51. The average Bonchev–Trinajstić information content (AvgIpc) is 2.59. The normalized spacial score (nSPS) is 28.4. The molecule has 1 rings (SSSR count). The summed E-state index contributed by atoms with van der Waals surface area (Å²) in [7, 11) is 0. The third kappa shape index (κ3) is 2.91. The van der Waals surface area contributed by atoms with Crippen molar-refractivity contribution in [1.29, 1.82) is 0 Å². The minimum absolute atomic E-state index is 0.180. The SMILES string of the molecule is C[C@@H](O)[C@H](NC(=O)C1COCC1N)C(=O)O. The van der Waals surface area contributed by atoms with Gasteiger partial charge in [0, 0.05) is 6.04 Å². The number of ether oxygens (including phenoxy) is 1. The van der Waals surface area contributed by atoms with Gasteiger partial charge in [-0.1, -0.05) is 0 Å². The molecule has 2 unspecified atom stereocenters. The maximum atomic E-state index is 11.6. The Labute approximate surface area is 92.6 Å². The Balaban J connectivity index is 2.58. The molecule has 1 saturated heterocycles. The highest BCUT2D eigenvalue weighted by molar-refractivity contribution is 5.86. The summed E-state index contributed by atoms with van der Waals surface area (Å²) in [5, 5.41) is 20.2. The molecule has 0 aromatic rings. The topological polar surface area (TPSA) is 122 Å². The van der Waals surface area contributed by atoms with Gasteiger partial charge in [-0.3, -0.25) is 4.79 Å². The van der Waals surface area contributed by atoms with Crippen LogP contribution in [0, 0.1) is 5.92 Å². The fourth-order valence-electron chi connectivity index (χ4n) is 1.49. The molecule has 1 aliphatic rings. The van der Waals surface area contributed by atoms with Gasteiger partial charge in [0.25, 0.3) is 0 Å². The largest absolute Gasteiger partial charge is 0.480 e. The molecule has 16 heavy (non-hydrogen) atoms. The lowest BCUT2D eigenvalue weighted by molar-refractivity contribution is -0.145. The molecule has 5 N–H and O–H groups in total. The van der Waals surface area contributed by atoms with Gasteiger partial charge in [-0.15, -0.1) is 0 Å². The van der Waals surface area contributed by atoms with Crippen molar-refractivity contribution in [2.45, 2.75) is 25.1 Å². The van der Waals surface area contributed by atoms with Crippen molar-refractivity contribution in [2.24, 2.45) is 11.7 Å². The van der Waals surface area contributed by atoms with Gasteiger partial charge in [0.05, 0.1) is 25.2 Å². The van der Waals surface area contributed by atoms with E-state index in [1.807, 2.05) is 0 Å². The van der Waals surface area contributed by atoms with Crippen molar-refractivity contribution in [3.63, 3.8) is 0 Å². The molecule has 0 aromatic carbocycles.